The second-order valence-electron chi connectivity index (χ2n) is 5.20. The summed E-state index contributed by atoms with van der Waals surface area (Å²) >= 11 is 0. The van der Waals surface area contributed by atoms with Crippen LogP contribution in [0.25, 0.3) is 0 Å². The number of rotatable bonds is 3. The van der Waals surface area contributed by atoms with E-state index in [0.29, 0.717) is 6.54 Å². The number of methoxy groups -OCH3 is 1. The molecular formula is C13H25N3O3. The molecule has 0 aromatic heterocycles. The number of carbonyl (C=O) groups excluding carboxylic acids is 2. The summed E-state index contributed by atoms with van der Waals surface area (Å²) in [6.45, 7) is 6.95. The van der Waals surface area contributed by atoms with E-state index in [1.165, 1.54) is 12.0 Å². The van der Waals surface area contributed by atoms with Crippen molar-refractivity contribution in [3.63, 3.8) is 0 Å². The Morgan fingerprint density at radius 1 is 1.26 bits per heavy atom. The number of amides is 2. The summed E-state index contributed by atoms with van der Waals surface area (Å²) < 4.78 is 4.79. The Balaban J connectivity index is 2.74. The van der Waals surface area contributed by atoms with Gasteiger partial charge in [0, 0.05) is 26.7 Å². The highest BCUT2D eigenvalue weighted by Gasteiger charge is 2.32. The van der Waals surface area contributed by atoms with Gasteiger partial charge < -0.3 is 19.9 Å². The van der Waals surface area contributed by atoms with Gasteiger partial charge in [0.25, 0.3) is 0 Å². The minimum Gasteiger partial charge on any atom is -0.467 e. The fourth-order valence-electron chi connectivity index (χ4n) is 2.38. The first-order chi connectivity index (χ1) is 8.99. The highest BCUT2D eigenvalue weighted by Crippen LogP contribution is 2.13. The van der Waals surface area contributed by atoms with Crippen LogP contribution in [0.1, 0.15) is 20.3 Å². The Hall–Kier alpha value is -1.30. The molecule has 0 aromatic carbocycles. The quantitative estimate of drug-likeness (QED) is 0.761. The molecule has 6 nitrogen and oxygen atoms in total. The van der Waals surface area contributed by atoms with Gasteiger partial charge in [-0.15, -0.1) is 0 Å². The summed E-state index contributed by atoms with van der Waals surface area (Å²) in [6.07, 6.45) is 0.935. The smallest absolute Gasteiger partial charge is 0.328 e. The van der Waals surface area contributed by atoms with E-state index < -0.39 is 6.04 Å². The van der Waals surface area contributed by atoms with Crippen molar-refractivity contribution in [1.82, 2.24) is 15.1 Å². The first kappa shape index (κ1) is 15.8. The van der Waals surface area contributed by atoms with E-state index in [2.05, 4.69) is 5.32 Å². The zero-order chi connectivity index (χ0) is 14.4. The van der Waals surface area contributed by atoms with E-state index in [9.17, 15) is 9.59 Å². The maximum absolute atomic E-state index is 12.4. The SMILES string of the molecule is COC(=O)C(C(C)C)N(C)C(=O)N1CCCNCC1. The van der Waals surface area contributed by atoms with Gasteiger partial charge in [0.2, 0.25) is 0 Å². The van der Waals surface area contributed by atoms with E-state index in [0.717, 1.165) is 26.1 Å². The van der Waals surface area contributed by atoms with E-state index in [4.69, 9.17) is 4.74 Å². The molecule has 6 heteroatoms. The molecule has 1 fully saturated rings. The van der Waals surface area contributed by atoms with Gasteiger partial charge in [-0.05, 0) is 18.9 Å². The lowest BCUT2D eigenvalue weighted by atomic mass is 10.0. The molecular weight excluding hydrogens is 246 g/mol. The molecule has 0 aromatic rings. The lowest BCUT2D eigenvalue weighted by molar-refractivity contribution is -0.147. The molecule has 1 N–H and O–H groups in total. The molecule has 0 radical (unpaired) electrons. The number of urea groups is 1. The van der Waals surface area contributed by atoms with Crippen molar-refractivity contribution >= 4 is 12.0 Å². The molecule has 1 heterocycles. The van der Waals surface area contributed by atoms with E-state index in [-0.39, 0.29) is 17.9 Å². The van der Waals surface area contributed by atoms with Gasteiger partial charge in [0.05, 0.1) is 7.11 Å². The Labute approximate surface area is 115 Å². The molecule has 0 spiro atoms. The van der Waals surface area contributed by atoms with E-state index in [1.807, 2.05) is 13.8 Å². The molecule has 0 aliphatic carbocycles. The number of esters is 1. The van der Waals surface area contributed by atoms with Gasteiger partial charge in [0.15, 0.2) is 0 Å². The third-order valence-corrected chi connectivity index (χ3v) is 3.40. The van der Waals surface area contributed by atoms with Crippen LogP contribution >= 0.6 is 0 Å². The number of hydrogen-bond donors (Lipinski definition) is 1. The summed E-state index contributed by atoms with van der Waals surface area (Å²) in [6, 6.07) is -0.637. The monoisotopic (exact) mass is 271 g/mol. The first-order valence-corrected chi connectivity index (χ1v) is 6.79. The highest BCUT2D eigenvalue weighted by atomic mass is 16.5. The van der Waals surface area contributed by atoms with Crippen LogP contribution in [0.15, 0.2) is 0 Å². The number of ether oxygens (including phenoxy) is 1. The average molecular weight is 271 g/mol. The van der Waals surface area contributed by atoms with Gasteiger partial charge in [-0.1, -0.05) is 13.8 Å². The molecule has 1 saturated heterocycles. The third kappa shape index (κ3) is 4.09. The van der Waals surface area contributed by atoms with Gasteiger partial charge >= 0.3 is 12.0 Å². The van der Waals surface area contributed by atoms with E-state index in [1.54, 1.807) is 11.9 Å². The van der Waals surface area contributed by atoms with Crippen LogP contribution in [0.5, 0.6) is 0 Å². The van der Waals surface area contributed by atoms with Gasteiger partial charge in [-0.25, -0.2) is 9.59 Å². The van der Waals surface area contributed by atoms with Gasteiger partial charge in [0.1, 0.15) is 6.04 Å². The van der Waals surface area contributed by atoms with Crippen LogP contribution in [0.4, 0.5) is 4.79 Å². The van der Waals surface area contributed by atoms with Crippen LogP contribution in [-0.2, 0) is 9.53 Å². The van der Waals surface area contributed by atoms with Crippen molar-refractivity contribution in [3.05, 3.63) is 0 Å². The van der Waals surface area contributed by atoms with Crippen LogP contribution < -0.4 is 5.32 Å². The molecule has 0 saturated carbocycles. The molecule has 1 aliphatic rings. The molecule has 2 amide bonds. The van der Waals surface area contributed by atoms with Crippen molar-refractivity contribution in [3.8, 4) is 0 Å². The number of likely N-dealkylation sites (N-methyl/N-ethyl adjacent to an activating group) is 1. The van der Waals surface area contributed by atoms with Gasteiger partial charge in [-0.3, -0.25) is 0 Å². The fraction of sp³-hybridized carbons (Fsp3) is 0.846. The van der Waals surface area contributed by atoms with Crippen molar-refractivity contribution in [2.24, 2.45) is 5.92 Å². The summed E-state index contributed by atoms with van der Waals surface area (Å²) in [5.74, 6) is -0.342. The van der Waals surface area contributed by atoms with Crippen LogP contribution in [0.3, 0.4) is 0 Å². The van der Waals surface area contributed by atoms with Crippen molar-refractivity contribution in [1.29, 1.82) is 0 Å². The lowest BCUT2D eigenvalue weighted by Gasteiger charge is -2.33. The standard InChI is InChI=1S/C13H25N3O3/c1-10(2)11(12(17)19-4)15(3)13(18)16-8-5-6-14-7-9-16/h10-11,14H,5-9H2,1-4H3. The number of nitrogens with one attached hydrogen (secondary N) is 1. The second kappa shape index (κ2) is 7.33. The topological polar surface area (TPSA) is 61.9 Å². The summed E-state index contributed by atoms with van der Waals surface area (Å²) in [4.78, 5) is 27.5. The zero-order valence-corrected chi connectivity index (χ0v) is 12.3. The maximum Gasteiger partial charge on any atom is 0.328 e. The molecule has 1 atom stereocenters. The molecule has 19 heavy (non-hydrogen) atoms. The largest absolute Gasteiger partial charge is 0.467 e. The number of carbonyl (C=O) groups is 2. The molecule has 1 aliphatic heterocycles. The van der Waals surface area contributed by atoms with Crippen LogP contribution in [0.2, 0.25) is 0 Å². The van der Waals surface area contributed by atoms with Crippen molar-refractivity contribution in [2.45, 2.75) is 26.3 Å². The zero-order valence-electron chi connectivity index (χ0n) is 12.3. The Morgan fingerprint density at radius 3 is 2.53 bits per heavy atom. The lowest BCUT2D eigenvalue weighted by Crippen LogP contribution is -2.52. The Kier molecular flexibility index (Phi) is 6.08. The molecule has 110 valence electrons. The van der Waals surface area contributed by atoms with Gasteiger partial charge in [-0.2, -0.15) is 0 Å². The van der Waals surface area contributed by atoms with Crippen molar-refractivity contribution < 1.29 is 14.3 Å². The first-order valence-electron chi connectivity index (χ1n) is 6.79. The normalized spacial score (nSPS) is 17.8. The van der Waals surface area contributed by atoms with Crippen LogP contribution in [0, 0.1) is 5.92 Å². The average Bonchev–Trinajstić information content (AvgIpc) is 2.65. The summed E-state index contributed by atoms with van der Waals surface area (Å²) in [7, 11) is 3.02. The summed E-state index contributed by atoms with van der Waals surface area (Å²) in [5.41, 5.74) is 0. The van der Waals surface area contributed by atoms with Crippen LogP contribution in [-0.4, -0.2) is 68.2 Å². The second-order valence-corrected chi connectivity index (χ2v) is 5.20. The highest BCUT2D eigenvalue weighted by molar-refractivity contribution is 5.83. The third-order valence-electron chi connectivity index (χ3n) is 3.40. The Morgan fingerprint density at radius 2 is 1.95 bits per heavy atom. The number of nitrogens with zero attached hydrogens (tertiary/aromatic N) is 2. The predicted molar refractivity (Wildman–Crippen MR) is 72.9 cm³/mol. The predicted octanol–water partition coefficient (Wildman–Crippen LogP) is 0.531. The molecule has 1 rings (SSSR count). The van der Waals surface area contributed by atoms with E-state index >= 15 is 0 Å². The minimum atomic E-state index is -0.534. The fourth-order valence-corrected chi connectivity index (χ4v) is 2.38. The summed E-state index contributed by atoms with van der Waals surface area (Å²) in [5, 5.41) is 3.25. The van der Waals surface area contributed by atoms with Crippen molar-refractivity contribution in [2.75, 3.05) is 40.3 Å². The molecule has 0 bridgehead atoms. The minimum absolute atomic E-state index is 0.0199. The molecule has 1 unspecified atom stereocenters. The maximum atomic E-state index is 12.4. The Bertz CT molecular complexity index is 312. The number of hydrogen-bond acceptors (Lipinski definition) is 4.